The van der Waals surface area contributed by atoms with Crippen LogP contribution in [0.2, 0.25) is 0 Å². The molecule has 0 bridgehead atoms. The maximum absolute atomic E-state index is 12.5. The summed E-state index contributed by atoms with van der Waals surface area (Å²) in [6, 6.07) is 3.22. The first-order chi connectivity index (χ1) is 8.63. The molecule has 0 aromatic carbocycles. The third-order valence-corrected chi connectivity index (χ3v) is 3.78. The van der Waals surface area contributed by atoms with Crippen molar-refractivity contribution in [1.82, 2.24) is 9.97 Å². The molecule has 1 aliphatic rings. The minimum absolute atomic E-state index is 0.00225. The van der Waals surface area contributed by atoms with E-state index >= 15 is 0 Å². The Morgan fingerprint density at radius 2 is 2.06 bits per heavy atom. The minimum Gasteiger partial charge on any atom is -0.367 e. The van der Waals surface area contributed by atoms with Crippen molar-refractivity contribution in [3.8, 4) is 0 Å². The Morgan fingerprint density at radius 1 is 1.28 bits per heavy atom. The zero-order chi connectivity index (χ0) is 12.8. The third kappa shape index (κ3) is 1.64. The topological polar surface area (TPSA) is 28.7 Å². The van der Waals surface area contributed by atoms with E-state index in [4.69, 9.17) is 0 Å². The van der Waals surface area contributed by atoms with Gasteiger partial charge in [0.1, 0.15) is 5.69 Å². The summed E-state index contributed by atoms with van der Waals surface area (Å²) in [5.41, 5.74) is 3.35. The van der Waals surface area contributed by atoms with Crippen LogP contribution in [0.5, 0.6) is 0 Å². The maximum Gasteiger partial charge on any atom is 0.280 e. The van der Waals surface area contributed by atoms with E-state index in [2.05, 4.69) is 16.9 Å². The van der Waals surface area contributed by atoms with E-state index in [1.807, 2.05) is 12.4 Å². The Kier molecular flexibility index (Phi) is 2.47. The first-order valence-corrected chi connectivity index (χ1v) is 6.02. The van der Waals surface area contributed by atoms with Gasteiger partial charge in [0.2, 0.25) is 0 Å². The molecule has 1 fully saturated rings. The van der Waals surface area contributed by atoms with Gasteiger partial charge in [0.25, 0.3) is 6.43 Å². The second-order valence-electron chi connectivity index (χ2n) is 4.91. The number of H-pyrrole nitrogens is 1. The summed E-state index contributed by atoms with van der Waals surface area (Å²) in [6.45, 7) is 2.06. The first kappa shape index (κ1) is 11.4. The van der Waals surface area contributed by atoms with Gasteiger partial charge in [-0.05, 0) is 42.5 Å². The van der Waals surface area contributed by atoms with Crippen LogP contribution in [-0.2, 0) is 5.41 Å². The molecule has 4 heteroatoms. The van der Waals surface area contributed by atoms with Crippen LogP contribution in [0.25, 0.3) is 0 Å². The molecule has 0 spiro atoms. The zero-order valence-electron chi connectivity index (χ0n) is 10.1. The summed E-state index contributed by atoms with van der Waals surface area (Å²) in [7, 11) is 0. The molecule has 2 heterocycles. The van der Waals surface area contributed by atoms with Gasteiger partial charge >= 0.3 is 0 Å². The molecule has 0 unspecified atom stereocenters. The number of alkyl halides is 2. The van der Waals surface area contributed by atoms with Crippen LogP contribution in [0.4, 0.5) is 8.78 Å². The van der Waals surface area contributed by atoms with Crippen LogP contribution >= 0.6 is 0 Å². The number of nitrogens with one attached hydrogen (secondary N) is 1. The van der Waals surface area contributed by atoms with Gasteiger partial charge in [-0.2, -0.15) is 0 Å². The SMILES string of the molecule is Cc1c[nH]cc1C1(c2ccc(C(F)F)nc2)CC1. The van der Waals surface area contributed by atoms with Crippen molar-refractivity contribution in [1.29, 1.82) is 0 Å². The molecule has 0 radical (unpaired) electrons. The molecule has 3 rings (SSSR count). The number of halogens is 2. The minimum atomic E-state index is -2.50. The third-order valence-electron chi connectivity index (χ3n) is 3.78. The molecule has 0 amide bonds. The van der Waals surface area contributed by atoms with Crippen LogP contribution < -0.4 is 0 Å². The molecule has 1 aliphatic carbocycles. The van der Waals surface area contributed by atoms with Crippen LogP contribution in [-0.4, -0.2) is 9.97 Å². The lowest BCUT2D eigenvalue weighted by molar-refractivity contribution is 0.146. The average Bonchev–Trinajstić information content (AvgIpc) is 3.06. The molecule has 18 heavy (non-hydrogen) atoms. The number of aryl methyl sites for hydroxylation is 1. The number of aromatic nitrogens is 2. The van der Waals surface area contributed by atoms with Crippen molar-refractivity contribution >= 4 is 0 Å². The highest BCUT2D eigenvalue weighted by Crippen LogP contribution is 2.54. The number of hydrogen-bond acceptors (Lipinski definition) is 1. The Hall–Kier alpha value is -1.71. The summed E-state index contributed by atoms with van der Waals surface area (Å²) >= 11 is 0. The molecule has 0 atom stereocenters. The summed E-state index contributed by atoms with van der Waals surface area (Å²) in [4.78, 5) is 6.97. The van der Waals surface area contributed by atoms with Crippen LogP contribution in [0, 0.1) is 6.92 Å². The molecule has 1 saturated carbocycles. The van der Waals surface area contributed by atoms with Gasteiger partial charge in [0, 0.05) is 24.0 Å². The monoisotopic (exact) mass is 248 g/mol. The molecule has 0 saturated heterocycles. The fraction of sp³-hybridized carbons (Fsp3) is 0.357. The Morgan fingerprint density at radius 3 is 2.50 bits per heavy atom. The normalized spacial score (nSPS) is 17.1. The summed E-state index contributed by atoms with van der Waals surface area (Å²) in [5.74, 6) is 0. The van der Waals surface area contributed by atoms with E-state index in [1.54, 1.807) is 12.3 Å². The molecule has 1 N–H and O–H groups in total. The van der Waals surface area contributed by atoms with Crippen LogP contribution in [0.1, 0.15) is 41.7 Å². The highest BCUT2D eigenvalue weighted by molar-refractivity contribution is 5.46. The van der Waals surface area contributed by atoms with Gasteiger partial charge in [0.15, 0.2) is 0 Å². The molecule has 94 valence electrons. The summed E-state index contributed by atoms with van der Waals surface area (Å²) in [5, 5.41) is 0. The van der Waals surface area contributed by atoms with Gasteiger partial charge in [-0.3, -0.25) is 4.98 Å². The standard InChI is InChI=1S/C14H14F2N2/c1-9-6-17-8-11(9)14(4-5-14)10-2-3-12(13(15)16)18-7-10/h2-3,6-8,13,17H,4-5H2,1H3. The smallest absolute Gasteiger partial charge is 0.280 e. The van der Waals surface area contributed by atoms with E-state index in [-0.39, 0.29) is 11.1 Å². The summed E-state index contributed by atoms with van der Waals surface area (Å²) < 4.78 is 25.0. The first-order valence-electron chi connectivity index (χ1n) is 6.02. The molecule has 2 aromatic rings. The van der Waals surface area contributed by atoms with Crippen molar-refractivity contribution < 1.29 is 8.78 Å². The number of aromatic amines is 1. The van der Waals surface area contributed by atoms with Crippen molar-refractivity contribution in [3.63, 3.8) is 0 Å². The second-order valence-corrected chi connectivity index (χ2v) is 4.91. The van der Waals surface area contributed by atoms with Crippen molar-refractivity contribution in [2.45, 2.75) is 31.6 Å². The molecule has 2 aromatic heterocycles. The lowest BCUT2D eigenvalue weighted by Crippen LogP contribution is -2.09. The molecular weight excluding hydrogens is 234 g/mol. The number of rotatable bonds is 3. The van der Waals surface area contributed by atoms with Crippen molar-refractivity contribution in [2.24, 2.45) is 0 Å². The van der Waals surface area contributed by atoms with Gasteiger partial charge in [-0.25, -0.2) is 8.78 Å². The van der Waals surface area contributed by atoms with Crippen LogP contribution in [0.3, 0.4) is 0 Å². The maximum atomic E-state index is 12.5. The van der Waals surface area contributed by atoms with Gasteiger partial charge in [-0.1, -0.05) is 6.07 Å². The predicted octanol–water partition coefficient (Wildman–Crippen LogP) is 3.74. The number of nitrogens with zero attached hydrogens (tertiary/aromatic N) is 1. The number of pyridine rings is 1. The van der Waals surface area contributed by atoms with E-state index < -0.39 is 6.43 Å². The van der Waals surface area contributed by atoms with E-state index in [1.165, 1.54) is 17.2 Å². The largest absolute Gasteiger partial charge is 0.367 e. The lowest BCUT2D eigenvalue weighted by atomic mass is 9.89. The van der Waals surface area contributed by atoms with Crippen molar-refractivity contribution in [2.75, 3.05) is 0 Å². The molecular formula is C14H14F2N2. The lowest BCUT2D eigenvalue weighted by Gasteiger charge is -2.15. The predicted molar refractivity (Wildman–Crippen MR) is 64.7 cm³/mol. The Balaban J connectivity index is 1.98. The van der Waals surface area contributed by atoms with E-state index in [9.17, 15) is 8.78 Å². The average molecular weight is 248 g/mol. The van der Waals surface area contributed by atoms with Gasteiger partial charge in [-0.15, -0.1) is 0 Å². The van der Waals surface area contributed by atoms with Gasteiger partial charge < -0.3 is 4.98 Å². The van der Waals surface area contributed by atoms with Crippen molar-refractivity contribution in [3.05, 3.63) is 53.1 Å². The number of hydrogen-bond donors (Lipinski definition) is 1. The zero-order valence-corrected chi connectivity index (χ0v) is 10.1. The van der Waals surface area contributed by atoms with E-state index in [0.29, 0.717) is 0 Å². The Labute approximate surface area is 104 Å². The van der Waals surface area contributed by atoms with Crippen LogP contribution in [0.15, 0.2) is 30.7 Å². The fourth-order valence-corrected chi connectivity index (χ4v) is 2.61. The molecule has 2 nitrogen and oxygen atoms in total. The molecule has 0 aliphatic heterocycles. The fourth-order valence-electron chi connectivity index (χ4n) is 2.61. The quantitative estimate of drug-likeness (QED) is 0.880. The highest BCUT2D eigenvalue weighted by atomic mass is 19.3. The second kappa shape index (κ2) is 3.90. The summed E-state index contributed by atoms with van der Waals surface area (Å²) in [6.07, 6.45) is 5.19. The van der Waals surface area contributed by atoms with E-state index in [0.717, 1.165) is 18.4 Å². The van der Waals surface area contributed by atoms with Gasteiger partial charge in [0.05, 0.1) is 0 Å². The Bertz CT molecular complexity index is 553. The highest BCUT2D eigenvalue weighted by Gasteiger charge is 2.47.